The van der Waals surface area contributed by atoms with E-state index in [9.17, 15) is 9.90 Å². The Morgan fingerprint density at radius 3 is 2.83 bits per heavy atom. The molecule has 1 aromatic rings. The Labute approximate surface area is 136 Å². The standard InChI is InChI=1S/C18H25N3O2/c1-9-5-15(19-21(9)10(2)11-3-4-11)18(23)20-8-13-6-12-7-14(13)16(20)17(12)22/h5,10-14,16-17,22H,3-4,6-8H2,1-2H3. The first kappa shape index (κ1) is 14.0. The zero-order chi connectivity index (χ0) is 15.9. The van der Waals surface area contributed by atoms with Crippen molar-refractivity contribution in [3.63, 3.8) is 0 Å². The molecule has 5 nitrogen and oxygen atoms in total. The minimum atomic E-state index is -0.323. The van der Waals surface area contributed by atoms with Gasteiger partial charge >= 0.3 is 0 Å². The topological polar surface area (TPSA) is 58.4 Å². The number of hydrogen-bond acceptors (Lipinski definition) is 3. The molecule has 1 saturated heterocycles. The van der Waals surface area contributed by atoms with Gasteiger partial charge in [-0.25, -0.2) is 0 Å². The summed E-state index contributed by atoms with van der Waals surface area (Å²) in [6.45, 7) is 5.05. The zero-order valence-electron chi connectivity index (χ0n) is 13.9. The van der Waals surface area contributed by atoms with Crippen LogP contribution in [-0.2, 0) is 0 Å². The molecule has 2 bridgehead atoms. The fourth-order valence-electron chi connectivity index (χ4n) is 5.58. The fraction of sp³-hybridized carbons (Fsp3) is 0.778. The van der Waals surface area contributed by atoms with Gasteiger partial charge in [-0.3, -0.25) is 9.48 Å². The Morgan fingerprint density at radius 1 is 1.35 bits per heavy atom. The van der Waals surface area contributed by atoms with Crippen LogP contribution in [0.15, 0.2) is 6.07 Å². The van der Waals surface area contributed by atoms with Gasteiger partial charge in [-0.15, -0.1) is 0 Å². The van der Waals surface area contributed by atoms with Gasteiger partial charge in [0.2, 0.25) is 0 Å². The lowest BCUT2D eigenvalue weighted by atomic mass is 9.88. The molecule has 1 N–H and O–H groups in total. The van der Waals surface area contributed by atoms with Crippen molar-refractivity contribution >= 4 is 5.91 Å². The van der Waals surface area contributed by atoms with E-state index in [1.54, 1.807) is 0 Å². The monoisotopic (exact) mass is 315 g/mol. The highest BCUT2D eigenvalue weighted by Crippen LogP contribution is 2.55. The average Bonchev–Trinajstić information content (AvgIpc) is 2.94. The molecule has 4 aliphatic rings. The van der Waals surface area contributed by atoms with E-state index in [2.05, 4.69) is 12.0 Å². The number of aliphatic hydroxyl groups is 1. The normalized spacial score (nSPS) is 39.3. The first-order valence-electron chi connectivity index (χ1n) is 9.09. The molecule has 124 valence electrons. The summed E-state index contributed by atoms with van der Waals surface area (Å²) < 4.78 is 2.03. The summed E-state index contributed by atoms with van der Waals surface area (Å²) >= 11 is 0. The number of rotatable bonds is 3. The molecule has 1 aromatic heterocycles. The molecule has 5 heteroatoms. The molecule has 0 aromatic carbocycles. The number of hydrogen-bond donors (Lipinski definition) is 1. The Morgan fingerprint density at radius 2 is 2.13 bits per heavy atom. The van der Waals surface area contributed by atoms with Gasteiger partial charge in [-0.2, -0.15) is 5.10 Å². The summed E-state index contributed by atoms with van der Waals surface area (Å²) in [6.07, 6.45) is 4.42. The van der Waals surface area contributed by atoms with Crippen molar-refractivity contribution in [2.45, 2.75) is 57.7 Å². The molecule has 4 fully saturated rings. The minimum absolute atomic E-state index is 0.0222. The number of likely N-dealkylation sites (tertiary alicyclic amines) is 1. The maximum absolute atomic E-state index is 13.0. The van der Waals surface area contributed by atoms with Crippen molar-refractivity contribution in [3.8, 4) is 0 Å². The second-order valence-corrected chi connectivity index (χ2v) is 8.29. The first-order chi connectivity index (χ1) is 11.0. The lowest BCUT2D eigenvalue weighted by Gasteiger charge is -2.28. The highest BCUT2D eigenvalue weighted by atomic mass is 16.3. The van der Waals surface area contributed by atoms with Crippen molar-refractivity contribution in [2.75, 3.05) is 6.54 Å². The van der Waals surface area contributed by atoms with Crippen LogP contribution in [0.3, 0.4) is 0 Å². The smallest absolute Gasteiger partial charge is 0.274 e. The average molecular weight is 315 g/mol. The Kier molecular flexibility index (Phi) is 2.80. The second-order valence-electron chi connectivity index (χ2n) is 8.29. The van der Waals surface area contributed by atoms with Crippen LogP contribution in [0.1, 0.15) is 54.8 Å². The molecular formula is C18H25N3O2. The number of amides is 1. The highest BCUT2D eigenvalue weighted by molar-refractivity contribution is 5.93. The van der Waals surface area contributed by atoms with Crippen LogP contribution in [0.5, 0.6) is 0 Å². The Balaban J connectivity index is 1.42. The van der Waals surface area contributed by atoms with Gasteiger partial charge in [0.25, 0.3) is 5.91 Å². The number of carbonyl (C=O) groups is 1. The zero-order valence-corrected chi connectivity index (χ0v) is 13.9. The Hall–Kier alpha value is -1.36. The number of aryl methyl sites for hydroxylation is 1. The van der Waals surface area contributed by atoms with Crippen LogP contribution in [0, 0.1) is 30.6 Å². The maximum atomic E-state index is 13.0. The van der Waals surface area contributed by atoms with E-state index in [1.807, 2.05) is 22.6 Å². The summed E-state index contributed by atoms with van der Waals surface area (Å²) in [5.41, 5.74) is 1.63. The lowest BCUT2D eigenvalue weighted by molar-refractivity contribution is 0.0397. The van der Waals surface area contributed by atoms with Crippen LogP contribution in [0.25, 0.3) is 0 Å². The Bertz CT molecular complexity index is 663. The van der Waals surface area contributed by atoms with Crippen LogP contribution >= 0.6 is 0 Å². The molecule has 23 heavy (non-hydrogen) atoms. The van der Waals surface area contributed by atoms with E-state index >= 15 is 0 Å². The third-order valence-corrected chi connectivity index (χ3v) is 6.94. The van der Waals surface area contributed by atoms with Crippen molar-refractivity contribution in [1.29, 1.82) is 0 Å². The van der Waals surface area contributed by atoms with E-state index in [1.165, 1.54) is 12.8 Å². The van der Waals surface area contributed by atoms with E-state index in [-0.39, 0.29) is 18.1 Å². The molecule has 3 saturated carbocycles. The highest BCUT2D eigenvalue weighted by Gasteiger charge is 2.60. The van der Waals surface area contributed by atoms with Gasteiger partial charge in [-0.05, 0) is 69.3 Å². The summed E-state index contributed by atoms with van der Waals surface area (Å²) in [4.78, 5) is 14.9. The van der Waals surface area contributed by atoms with E-state index < -0.39 is 0 Å². The molecule has 6 unspecified atom stereocenters. The van der Waals surface area contributed by atoms with Gasteiger partial charge in [0.1, 0.15) is 0 Å². The summed E-state index contributed by atoms with van der Waals surface area (Å²) in [5.74, 6) is 2.28. The van der Waals surface area contributed by atoms with Crippen molar-refractivity contribution in [1.82, 2.24) is 14.7 Å². The number of carbonyl (C=O) groups excluding carboxylic acids is 1. The van der Waals surface area contributed by atoms with E-state index in [0.717, 1.165) is 31.0 Å². The summed E-state index contributed by atoms with van der Waals surface area (Å²) in [5, 5.41) is 15.1. The largest absolute Gasteiger partial charge is 0.391 e. The number of aromatic nitrogens is 2. The van der Waals surface area contributed by atoms with Crippen molar-refractivity contribution in [2.24, 2.45) is 23.7 Å². The molecule has 6 atom stereocenters. The summed E-state index contributed by atoms with van der Waals surface area (Å²) in [7, 11) is 0. The molecule has 0 spiro atoms. The van der Waals surface area contributed by atoms with E-state index in [4.69, 9.17) is 0 Å². The third-order valence-electron chi connectivity index (χ3n) is 6.94. The number of fused-ring (bicyclic) bond motifs is 1. The SMILES string of the molecule is Cc1cc(C(=O)N2CC3CC4CC3C2C4O)nn1C(C)C1CC1. The molecule has 0 radical (unpaired) electrons. The quantitative estimate of drug-likeness (QED) is 0.928. The molecule has 1 aliphatic heterocycles. The van der Waals surface area contributed by atoms with Crippen LogP contribution in [0.4, 0.5) is 0 Å². The molecular weight excluding hydrogens is 290 g/mol. The van der Waals surface area contributed by atoms with E-state index in [0.29, 0.717) is 29.5 Å². The van der Waals surface area contributed by atoms with Gasteiger partial charge in [0.05, 0.1) is 18.2 Å². The van der Waals surface area contributed by atoms with Gasteiger partial charge in [0, 0.05) is 12.2 Å². The van der Waals surface area contributed by atoms with Gasteiger partial charge in [0.15, 0.2) is 5.69 Å². The summed E-state index contributed by atoms with van der Waals surface area (Å²) in [6, 6.07) is 2.35. The van der Waals surface area contributed by atoms with Crippen LogP contribution < -0.4 is 0 Å². The first-order valence-corrected chi connectivity index (χ1v) is 9.09. The predicted molar refractivity (Wildman–Crippen MR) is 84.9 cm³/mol. The van der Waals surface area contributed by atoms with Crippen LogP contribution in [0.2, 0.25) is 0 Å². The predicted octanol–water partition coefficient (Wildman–Crippen LogP) is 2.00. The van der Waals surface area contributed by atoms with Gasteiger partial charge in [-0.1, -0.05) is 0 Å². The van der Waals surface area contributed by atoms with Gasteiger partial charge < -0.3 is 10.0 Å². The molecule has 1 amide bonds. The molecule has 5 rings (SSSR count). The minimum Gasteiger partial charge on any atom is -0.391 e. The maximum Gasteiger partial charge on any atom is 0.274 e. The van der Waals surface area contributed by atoms with Crippen molar-refractivity contribution in [3.05, 3.63) is 17.5 Å². The fourth-order valence-corrected chi connectivity index (χ4v) is 5.58. The molecule has 2 heterocycles. The van der Waals surface area contributed by atoms with Crippen molar-refractivity contribution < 1.29 is 9.90 Å². The third kappa shape index (κ3) is 1.89. The molecule has 3 aliphatic carbocycles. The van der Waals surface area contributed by atoms with Crippen LogP contribution in [-0.4, -0.2) is 44.4 Å². The number of nitrogens with zero attached hydrogens (tertiary/aromatic N) is 3. The lowest BCUT2D eigenvalue weighted by Crippen LogP contribution is -2.44. The second kappa shape index (κ2) is 4.59. The number of aliphatic hydroxyl groups excluding tert-OH is 1.